The Hall–Kier alpha value is -3.09. The van der Waals surface area contributed by atoms with Crippen molar-refractivity contribution < 1.29 is 23.7 Å². The van der Waals surface area contributed by atoms with Crippen LogP contribution in [0, 0.1) is 5.92 Å². The summed E-state index contributed by atoms with van der Waals surface area (Å²) in [6.07, 6.45) is 0. The molecule has 2 atom stereocenters. The standard InChI is InChI=1S/C23H30N2O5/c1-14(2)22(16-6-8-20-21(12-16)30-11-10-29-20)25-23(26)24-15(3)18-13-17(27-4)7-9-19(18)28-5/h6-9,12-15,22H,10-11H2,1-5H3,(H2,24,25,26)/t15-,22+/m0/s1. The van der Waals surface area contributed by atoms with E-state index in [9.17, 15) is 4.79 Å². The Morgan fingerprint density at radius 1 is 0.933 bits per heavy atom. The lowest BCUT2D eigenvalue weighted by atomic mass is 9.95. The molecule has 7 nitrogen and oxygen atoms in total. The maximum Gasteiger partial charge on any atom is 0.315 e. The summed E-state index contributed by atoms with van der Waals surface area (Å²) in [5.41, 5.74) is 1.81. The first-order valence-electron chi connectivity index (χ1n) is 10.1. The predicted molar refractivity (Wildman–Crippen MR) is 115 cm³/mol. The van der Waals surface area contributed by atoms with Gasteiger partial charge in [0.2, 0.25) is 0 Å². The van der Waals surface area contributed by atoms with Crippen molar-refractivity contribution in [2.75, 3.05) is 27.4 Å². The Balaban J connectivity index is 1.73. The highest BCUT2D eigenvalue weighted by molar-refractivity contribution is 5.75. The van der Waals surface area contributed by atoms with Crippen LogP contribution in [0.3, 0.4) is 0 Å². The van der Waals surface area contributed by atoms with E-state index in [1.165, 1.54) is 0 Å². The van der Waals surface area contributed by atoms with E-state index in [1.807, 2.05) is 43.3 Å². The third-order valence-corrected chi connectivity index (χ3v) is 5.13. The Morgan fingerprint density at radius 2 is 1.67 bits per heavy atom. The zero-order valence-corrected chi connectivity index (χ0v) is 18.2. The van der Waals surface area contributed by atoms with Crippen LogP contribution >= 0.6 is 0 Å². The maximum atomic E-state index is 12.8. The number of hydrogen-bond donors (Lipinski definition) is 2. The van der Waals surface area contributed by atoms with Crippen LogP contribution in [0.4, 0.5) is 4.79 Å². The number of carbonyl (C=O) groups is 1. The molecule has 0 aliphatic carbocycles. The Kier molecular flexibility index (Phi) is 6.92. The van der Waals surface area contributed by atoms with E-state index in [2.05, 4.69) is 24.5 Å². The van der Waals surface area contributed by atoms with Gasteiger partial charge in [0.25, 0.3) is 0 Å². The molecule has 1 heterocycles. The van der Waals surface area contributed by atoms with Gasteiger partial charge in [0.1, 0.15) is 24.7 Å². The molecule has 0 saturated carbocycles. The van der Waals surface area contributed by atoms with Gasteiger partial charge in [-0.2, -0.15) is 0 Å². The summed E-state index contributed by atoms with van der Waals surface area (Å²) in [5.74, 6) is 3.02. The summed E-state index contributed by atoms with van der Waals surface area (Å²) in [4.78, 5) is 12.8. The van der Waals surface area contributed by atoms with Gasteiger partial charge in [-0.25, -0.2) is 4.79 Å². The van der Waals surface area contributed by atoms with Crippen LogP contribution in [-0.2, 0) is 0 Å². The Labute approximate surface area is 177 Å². The van der Waals surface area contributed by atoms with E-state index in [1.54, 1.807) is 14.2 Å². The summed E-state index contributed by atoms with van der Waals surface area (Å²) in [6, 6.07) is 10.6. The number of urea groups is 1. The van der Waals surface area contributed by atoms with Gasteiger partial charge in [-0.1, -0.05) is 19.9 Å². The zero-order chi connectivity index (χ0) is 21.7. The molecule has 0 spiro atoms. The van der Waals surface area contributed by atoms with Crippen molar-refractivity contribution in [3.63, 3.8) is 0 Å². The van der Waals surface area contributed by atoms with Crippen LogP contribution < -0.4 is 29.6 Å². The lowest BCUT2D eigenvalue weighted by molar-refractivity contribution is 0.171. The third-order valence-electron chi connectivity index (χ3n) is 5.13. The van der Waals surface area contributed by atoms with Gasteiger partial charge in [-0.3, -0.25) is 0 Å². The molecule has 2 amide bonds. The van der Waals surface area contributed by atoms with Gasteiger partial charge in [0.15, 0.2) is 11.5 Å². The monoisotopic (exact) mass is 414 g/mol. The molecule has 2 aromatic carbocycles. The summed E-state index contributed by atoms with van der Waals surface area (Å²) in [5, 5.41) is 6.09. The molecule has 2 N–H and O–H groups in total. The molecule has 0 radical (unpaired) electrons. The second-order valence-corrected chi connectivity index (χ2v) is 7.57. The average molecular weight is 415 g/mol. The van der Waals surface area contributed by atoms with Crippen LogP contribution in [0.15, 0.2) is 36.4 Å². The number of carbonyl (C=O) groups excluding carboxylic acids is 1. The predicted octanol–water partition coefficient (Wildman–Crippen LogP) is 4.23. The summed E-state index contributed by atoms with van der Waals surface area (Å²) >= 11 is 0. The minimum Gasteiger partial charge on any atom is -0.497 e. The normalized spacial score (nSPS) is 14.6. The molecular formula is C23H30N2O5. The summed E-state index contributed by atoms with van der Waals surface area (Å²) in [6.45, 7) is 7.11. The van der Waals surface area contributed by atoms with Crippen LogP contribution in [0.5, 0.6) is 23.0 Å². The van der Waals surface area contributed by atoms with Crippen molar-refractivity contribution in [1.82, 2.24) is 10.6 Å². The molecule has 0 saturated heterocycles. The minimum absolute atomic E-state index is 0.180. The lowest BCUT2D eigenvalue weighted by Gasteiger charge is -2.26. The molecule has 0 unspecified atom stereocenters. The number of ether oxygens (including phenoxy) is 4. The smallest absolute Gasteiger partial charge is 0.315 e. The summed E-state index contributed by atoms with van der Waals surface area (Å²) < 4.78 is 22.0. The first-order chi connectivity index (χ1) is 14.4. The zero-order valence-electron chi connectivity index (χ0n) is 18.2. The number of hydrogen-bond acceptors (Lipinski definition) is 5. The number of rotatable bonds is 7. The molecule has 0 aromatic heterocycles. The molecule has 1 aliphatic heterocycles. The van der Waals surface area contributed by atoms with Gasteiger partial charge < -0.3 is 29.6 Å². The van der Waals surface area contributed by atoms with E-state index < -0.39 is 0 Å². The summed E-state index contributed by atoms with van der Waals surface area (Å²) in [7, 11) is 3.21. The fraction of sp³-hybridized carbons (Fsp3) is 0.435. The highest BCUT2D eigenvalue weighted by Crippen LogP contribution is 2.34. The second-order valence-electron chi connectivity index (χ2n) is 7.57. The van der Waals surface area contributed by atoms with Crippen molar-refractivity contribution in [1.29, 1.82) is 0 Å². The largest absolute Gasteiger partial charge is 0.497 e. The second kappa shape index (κ2) is 9.61. The quantitative estimate of drug-likeness (QED) is 0.709. The SMILES string of the molecule is COc1ccc(OC)c([C@H](C)NC(=O)N[C@@H](c2ccc3c(c2)OCCO3)C(C)C)c1. The number of benzene rings is 2. The van der Waals surface area contributed by atoms with E-state index in [0.29, 0.717) is 30.5 Å². The van der Waals surface area contributed by atoms with Gasteiger partial charge in [-0.15, -0.1) is 0 Å². The van der Waals surface area contributed by atoms with Crippen molar-refractivity contribution in [3.8, 4) is 23.0 Å². The van der Waals surface area contributed by atoms with E-state index in [-0.39, 0.29) is 24.0 Å². The number of nitrogens with one attached hydrogen (secondary N) is 2. The number of fused-ring (bicyclic) bond motifs is 1. The van der Waals surface area contributed by atoms with E-state index >= 15 is 0 Å². The Bertz CT molecular complexity index is 884. The molecule has 162 valence electrons. The minimum atomic E-state index is -0.275. The molecule has 1 aliphatic rings. The maximum absolute atomic E-state index is 12.8. The Morgan fingerprint density at radius 3 is 2.33 bits per heavy atom. The van der Waals surface area contributed by atoms with Crippen LogP contribution in [0.2, 0.25) is 0 Å². The number of amides is 2. The molecule has 7 heteroatoms. The van der Waals surface area contributed by atoms with Crippen molar-refractivity contribution >= 4 is 6.03 Å². The van der Waals surface area contributed by atoms with Crippen molar-refractivity contribution in [2.45, 2.75) is 32.9 Å². The molecule has 0 fully saturated rings. The molecular weight excluding hydrogens is 384 g/mol. The topological polar surface area (TPSA) is 78.1 Å². The first kappa shape index (κ1) is 21.6. The van der Waals surface area contributed by atoms with Crippen LogP contribution in [0.1, 0.15) is 44.0 Å². The number of methoxy groups -OCH3 is 2. The fourth-order valence-corrected chi connectivity index (χ4v) is 3.52. The molecule has 30 heavy (non-hydrogen) atoms. The van der Waals surface area contributed by atoms with E-state index in [4.69, 9.17) is 18.9 Å². The fourth-order valence-electron chi connectivity index (χ4n) is 3.52. The van der Waals surface area contributed by atoms with Crippen molar-refractivity contribution in [2.24, 2.45) is 5.92 Å². The van der Waals surface area contributed by atoms with Crippen LogP contribution in [0.25, 0.3) is 0 Å². The van der Waals surface area contributed by atoms with Gasteiger partial charge in [0.05, 0.1) is 26.3 Å². The highest BCUT2D eigenvalue weighted by atomic mass is 16.6. The molecule has 0 bridgehead atoms. The third kappa shape index (κ3) is 4.90. The molecule has 2 aromatic rings. The van der Waals surface area contributed by atoms with Gasteiger partial charge >= 0.3 is 6.03 Å². The highest BCUT2D eigenvalue weighted by Gasteiger charge is 2.23. The lowest BCUT2D eigenvalue weighted by Crippen LogP contribution is -2.40. The van der Waals surface area contributed by atoms with Crippen molar-refractivity contribution in [3.05, 3.63) is 47.5 Å². The first-order valence-corrected chi connectivity index (χ1v) is 10.1. The van der Waals surface area contributed by atoms with Gasteiger partial charge in [-0.05, 0) is 48.7 Å². The van der Waals surface area contributed by atoms with E-state index in [0.717, 1.165) is 16.9 Å². The van der Waals surface area contributed by atoms with Gasteiger partial charge in [0, 0.05) is 5.56 Å². The van der Waals surface area contributed by atoms with Crippen LogP contribution in [-0.4, -0.2) is 33.5 Å². The molecule has 3 rings (SSSR count). The average Bonchev–Trinajstić information content (AvgIpc) is 2.76.